The van der Waals surface area contributed by atoms with Crippen LogP contribution in [0, 0.1) is 0 Å². The first-order chi connectivity index (χ1) is 12.8. The molecule has 1 aromatic carbocycles. The summed E-state index contributed by atoms with van der Waals surface area (Å²) in [5, 5.41) is 6.56. The minimum absolute atomic E-state index is 0.485. The Morgan fingerprint density at radius 2 is 2.04 bits per heavy atom. The molecule has 1 aliphatic carbocycles. The molecule has 0 atom stereocenters. The van der Waals surface area contributed by atoms with Crippen LogP contribution in [-0.4, -0.2) is 37.2 Å². The van der Waals surface area contributed by atoms with Gasteiger partial charge in [0.15, 0.2) is 5.96 Å². The van der Waals surface area contributed by atoms with Crippen LogP contribution < -0.4 is 10.6 Å². The number of aliphatic imine (C=N–C) groups is 1. The second kappa shape index (κ2) is 9.97. The van der Waals surface area contributed by atoms with Crippen LogP contribution in [0.1, 0.15) is 37.8 Å². The Hall–Kier alpha value is -2.34. The van der Waals surface area contributed by atoms with E-state index in [9.17, 15) is 0 Å². The van der Waals surface area contributed by atoms with E-state index in [-0.39, 0.29) is 0 Å². The lowest BCUT2D eigenvalue weighted by molar-refractivity contribution is 0.0574. The van der Waals surface area contributed by atoms with Gasteiger partial charge in [-0.05, 0) is 31.4 Å². The topological polar surface area (TPSA) is 71.7 Å². The van der Waals surface area contributed by atoms with Gasteiger partial charge in [-0.1, -0.05) is 31.0 Å². The molecular formula is C20H28N4O2. The molecule has 1 aliphatic rings. The number of rotatable bonds is 8. The second-order valence-corrected chi connectivity index (χ2v) is 6.49. The van der Waals surface area contributed by atoms with E-state index >= 15 is 0 Å². The summed E-state index contributed by atoms with van der Waals surface area (Å²) >= 11 is 0. The minimum atomic E-state index is 0.485. The van der Waals surface area contributed by atoms with Crippen LogP contribution in [0.3, 0.4) is 0 Å². The molecule has 0 amide bonds. The quantitative estimate of drug-likeness (QED) is 0.431. The van der Waals surface area contributed by atoms with Gasteiger partial charge in [0.05, 0.1) is 18.3 Å². The van der Waals surface area contributed by atoms with Gasteiger partial charge in [0.1, 0.15) is 6.26 Å². The van der Waals surface area contributed by atoms with Gasteiger partial charge in [-0.25, -0.2) is 4.98 Å². The SMILES string of the molecule is CN=C(NCCCOC1CCCC1)NCc1coc(-c2ccccc2)n1. The molecule has 3 rings (SSSR count). The van der Waals surface area contributed by atoms with Crippen molar-refractivity contribution >= 4 is 5.96 Å². The third-order valence-electron chi connectivity index (χ3n) is 4.50. The molecule has 1 heterocycles. The molecule has 1 saturated carbocycles. The van der Waals surface area contributed by atoms with Crippen LogP contribution in [0.4, 0.5) is 0 Å². The van der Waals surface area contributed by atoms with E-state index in [4.69, 9.17) is 9.15 Å². The van der Waals surface area contributed by atoms with E-state index in [1.54, 1.807) is 13.3 Å². The molecule has 0 spiro atoms. The maximum atomic E-state index is 5.87. The zero-order valence-electron chi connectivity index (χ0n) is 15.4. The monoisotopic (exact) mass is 356 g/mol. The van der Waals surface area contributed by atoms with Gasteiger partial charge in [-0.15, -0.1) is 0 Å². The Balaban J connectivity index is 1.35. The predicted octanol–water partition coefficient (Wildman–Crippen LogP) is 3.36. The Bertz CT molecular complexity index is 678. The number of ether oxygens (including phenoxy) is 1. The van der Waals surface area contributed by atoms with Crippen molar-refractivity contribution < 1.29 is 9.15 Å². The molecule has 0 unspecified atom stereocenters. The highest BCUT2D eigenvalue weighted by molar-refractivity contribution is 5.79. The molecule has 140 valence electrons. The number of nitrogens with one attached hydrogen (secondary N) is 2. The molecule has 2 N–H and O–H groups in total. The van der Waals surface area contributed by atoms with Gasteiger partial charge >= 0.3 is 0 Å². The summed E-state index contributed by atoms with van der Waals surface area (Å²) in [5.74, 6) is 1.39. The summed E-state index contributed by atoms with van der Waals surface area (Å²) in [6.45, 7) is 2.20. The molecular weight excluding hydrogens is 328 g/mol. The number of hydrogen-bond acceptors (Lipinski definition) is 4. The number of benzene rings is 1. The van der Waals surface area contributed by atoms with Crippen LogP contribution in [0.5, 0.6) is 0 Å². The van der Waals surface area contributed by atoms with E-state index in [1.807, 2.05) is 30.3 Å². The molecule has 2 aromatic rings. The maximum Gasteiger partial charge on any atom is 0.226 e. The Labute approximate surface area is 155 Å². The van der Waals surface area contributed by atoms with Gasteiger partial charge in [-0.3, -0.25) is 4.99 Å². The van der Waals surface area contributed by atoms with E-state index < -0.39 is 0 Å². The largest absolute Gasteiger partial charge is 0.444 e. The maximum absolute atomic E-state index is 5.87. The van der Waals surface area contributed by atoms with Crippen molar-refractivity contribution in [3.63, 3.8) is 0 Å². The Morgan fingerprint density at radius 1 is 1.23 bits per heavy atom. The molecule has 0 aliphatic heterocycles. The third-order valence-corrected chi connectivity index (χ3v) is 4.50. The fourth-order valence-corrected chi connectivity index (χ4v) is 3.08. The Kier molecular flexibility index (Phi) is 7.07. The van der Waals surface area contributed by atoms with Crippen LogP contribution in [0.15, 0.2) is 46.0 Å². The molecule has 0 radical (unpaired) electrons. The number of guanidine groups is 1. The zero-order valence-corrected chi connectivity index (χ0v) is 15.4. The standard InChI is InChI=1S/C20H28N4O2/c1-21-20(22-12-7-13-25-18-10-5-6-11-18)23-14-17-15-26-19(24-17)16-8-3-2-4-9-16/h2-4,8-9,15,18H,5-7,10-14H2,1H3,(H2,21,22,23). The lowest BCUT2D eigenvalue weighted by Crippen LogP contribution is -2.37. The number of oxazole rings is 1. The summed E-state index contributed by atoms with van der Waals surface area (Å²) in [4.78, 5) is 8.75. The van der Waals surface area contributed by atoms with Gasteiger partial charge in [0.2, 0.25) is 5.89 Å². The van der Waals surface area contributed by atoms with Gasteiger partial charge in [0, 0.05) is 25.8 Å². The van der Waals surface area contributed by atoms with Crippen LogP contribution in [0.2, 0.25) is 0 Å². The first kappa shape index (κ1) is 18.5. The molecule has 0 saturated heterocycles. The van der Waals surface area contributed by atoms with Crippen molar-refractivity contribution in [1.29, 1.82) is 0 Å². The second-order valence-electron chi connectivity index (χ2n) is 6.49. The summed E-state index contributed by atoms with van der Waals surface area (Å²) in [7, 11) is 1.77. The minimum Gasteiger partial charge on any atom is -0.444 e. The molecule has 1 aromatic heterocycles. The Morgan fingerprint density at radius 3 is 2.81 bits per heavy atom. The van der Waals surface area contributed by atoms with E-state index in [0.717, 1.165) is 36.8 Å². The number of aromatic nitrogens is 1. The lowest BCUT2D eigenvalue weighted by atomic mass is 10.2. The summed E-state index contributed by atoms with van der Waals surface area (Å²) in [6.07, 6.45) is 8.20. The first-order valence-electron chi connectivity index (χ1n) is 9.41. The highest BCUT2D eigenvalue weighted by atomic mass is 16.5. The van der Waals surface area contributed by atoms with Gasteiger partial charge < -0.3 is 19.8 Å². The summed E-state index contributed by atoms with van der Waals surface area (Å²) < 4.78 is 11.4. The van der Waals surface area contributed by atoms with Crippen molar-refractivity contribution in [1.82, 2.24) is 15.6 Å². The predicted molar refractivity (Wildman–Crippen MR) is 103 cm³/mol. The molecule has 6 heteroatoms. The third kappa shape index (κ3) is 5.59. The average molecular weight is 356 g/mol. The summed E-state index contributed by atoms with van der Waals surface area (Å²) in [6, 6.07) is 9.89. The van der Waals surface area contributed by atoms with Crippen molar-refractivity contribution in [2.24, 2.45) is 4.99 Å². The van der Waals surface area contributed by atoms with Crippen molar-refractivity contribution in [3.05, 3.63) is 42.3 Å². The normalized spacial score (nSPS) is 15.3. The van der Waals surface area contributed by atoms with E-state index in [0.29, 0.717) is 18.5 Å². The fourth-order valence-electron chi connectivity index (χ4n) is 3.08. The van der Waals surface area contributed by atoms with Crippen molar-refractivity contribution in [2.45, 2.75) is 44.8 Å². The average Bonchev–Trinajstić information content (AvgIpc) is 3.36. The highest BCUT2D eigenvalue weighted by Crippen LogP contribution is 2.20. The highest BCUT2D eigenvalue weighted by Gasteiger charge is 2.14. The first-order valence-corrected chi connectivity index (χ1v) is 9.41. The molecule has 6 nitrogen and oxygen atoms in total. The zero-order chi connectivity index (χ0) is 18.0. The van der Waals surface area contributed by atoms with Crippen molar-refractivity contribution in [2.75, 3.05) is 20.2 Å². The van der Waals surface area contributed by atoms with Crippen LogP contribution >= 0.6 is 0 Å². The van der Waals surface area contributed by atoms with Gasteiger partial charge in [0.25, 0.3) is 0 Å². The van der Waals surface area contributed by atoms with Crippen molar-refractivity contribution in [3.8, 4) is 11.5 Å². The van der Waals surface area contributed by atoms with Crippen LogP contribution in [0.25, 0.3) is 11.5 Å². The van der Waals surface area contributed by atoms with Gasteiger partial charge in [-0.2, -0.15) is 0 Å². The number of hydrogen-bond donors (Lipinski definition) is 2. The summed E-state index contributed by atoms with van der Waals surface area (Å²) in [5.41, 5.74) is 1.82. The smallest absolute Gasteiger partial charge is 0.226 e. The van der Waals surface area contributed by atoms with E-state index in [2.05, 4.69) is 20.6 Å². The fraction of sp³-hybridized carbons (Fsp3) is 0.500. The molecule has 26 heavy (non-hydrogen) atoms. The number of nitrogens with zero attached hydrogens (tertiary/aromatic N) is 2. The molecule has 1 fully saturated rings. The van der Waals surface area contributed by atoms with E-state index in [1.165, 1.54) is 25.7 Å². The lowest BCUT2D eigenvalue weighted by Gasteiger charge is -2.13. The van der Waals surface area contributed by atoms with Crippen LogP contribution in [-0.2, 0) is 11.3 Å². The molecule has 0 bridgehead atoms.